The normalized spacial score (nSPS) is 10.7. The molecule has 1 N–H and O–H groups in total. The zero-order valence-corrected chi connectivity index (χ0v) is 12.1. The Balaban J connectivity index is 1.92. The summed E-state index contributed by atoms with van der Waals surface area (Å²) in [5, 5.41) is 6.30. The van der Waals surface area contributed by atoms with Crippen LogP contribution in [0.25, 0.3) is 5.69 Å². The van der Waals surface area contributed by atoms with Gasteiger partial charge in [-0.15, -0.1) is 0 Å². The fourth-order valence-corrected chi connectivity index (χ4v) is 2.27. The lowest BCUT2D eigenvalue weighted by Gasteiger charge is -2.09. The van der Waals surface area contributed by atoms with Crippen molar-refractivity contribution in [1.82, 2.24) is 9.72 Å². The first kappa shape index (κ1) is 14.1. The minimum absolute atomic E-state index is 0.108. The van der Waals surface area contributed by atoms with E-state index in [9.17, 15) is 9.18 Å². The Hall–Kier alpha value is -2.89. The molecular formula is C16H14FN3O2. The average Bonchev–Trinajstić information content (AvgIpc) is 3.11. The fourth-order valence-electron chi connectivity index (χ4n) is 2.27. The fraction of sp³-hybridized carbons (Fsp3) is 0.125. The second-order valence-electron chi connectivity index (χ2n) is 4.91. The molecule has 2 heterocycles. The van der Waals surface area contributed by atoms with E-state index in [-0.39, 0.29) is 5.69 Å². The van der Waals surface area contributed by atoms with Crippen LogP contribution in [0.2, 0.25) is 0 Å². The Morgan fingerprint density at radius 1 is 1.27 bits per heavy atom. The second-order valence-corrected chi connectivity index (χ2v) is 4.91. The van der Waals surface area contributed by atoms with Gasteiger partial charge in [-0.3, -0.25) is 4.79 Å². The van der Waals surface area contributed by atoms with Gasteiger partial charge in [-0.25, -0.2) is 4.39 Å². The smallest absolute Gasteiger partial charge is 0.261 e. The van der Waals surface area contributed by atoms with Gasteiger partial charge < -0.3 is 14.4 Å². The molecule has 0 saturated carbocycles. The minimum atomic E-state index is -0.504. The van der Waals surface area contributed by atoms with Crippen LogP contribution in [-0.4, -0.2) is 15.6 Å². The molecule has 0 aliphatic rings. The molecule has 3 aromatic rings. The van der Waals surface area contributed by atoms with Crippen LogP contribution in [0.4, 0.5) is 10.1 Å². The number of nitrogens with zero attached hydrogens (tertiary/aromatic N) is 2. The first-order valence-corrected chi connectivity index (χ1v) is 6.73. The van der Waals surface area contributed by atoms with Crippen molar-refractivity contribution in [3.8, 4) is 5.69 Å². The molecule has 0 fully saturated rings. The molecule has 3 rings (SSSR count). The number of hydrogen-bond acceptors (Lipinski definition) is 3. The number of hydrogen-bond donors (Lipinski definition) is 1. The first-order chi connectivity index (χ1) is 10.6. The van der Waals surface area contributed by atoms with Gasteiger partial charge in [-0.05, 0) is 44.2 Å². The Bertz CT molecular complexity index is 803. The van der Waals surface area contributed by atoms with E-state index >= 15 is 0 Å². The molecule has 5 nitrogen and oxygen atoms in total. The molecule has 0 spiro atoms. The maximum Gasteiger partial charge on any atom is 0.261 e. The molecule has 22 heavy (non-hydrogen) atoms. The summed E-state index contributed by atoms with van der Waals surface area (Å²) >= 11 is 0. The minimum Gasteiger partial charge on any atom is -0.361 e. The number of carbonyl (C=O) groups excluding carboxylic acids is 1. The summed E-state index contributed by atoms with van der Waals surface area (Å²) in [5.74, 6) is -0.548. The molecule has 1 aromatic carbocycles. The van der Waals surface area contributed by atoms with Gasteiger partial charge in [0.15, 0.2) is 0 Å². The Morgan fingerprint density at radius 2 is 2.00 bits per heavy atom. The molecular weight excluding hydrogens is 285 g/mol. The van der Waals surface area contributed by atoms with Gasteiger partial charge >= 0.3 is 0 Å². The van der Waals surface area contributed by atoms with Gasteiger partial charge in [0.25, 0.3) is 5.91 Å². The summed E-state index contributed by atoms with van der Waals surface area (Å²) < 4.78 is 20.7. The topological polar surface area (TPSA) is 60.1 Å². The van der Waals surface area contributed by atoms with Gasteiger partial charge in [-0.1, -0.05) is 5.16 Å². The van der Waals surface area contributed by atoms with Crippen molar-refractivity contribution in [2.75, 3.05) is 5.32 Å². The van der Waals surface area contributed by atoms with Crippen LogP contribution in [0.15, 0.2) is 47.2 Å². The largest absolute Gasteiger partial charge is 0.361 e. The number of benzene rings is 1. The highest BCUT2D eigenvalue weighted by molar-refractivity contribution is 6.05. The third-order valence-electron chi connectivity index (χ3n) is 3.36. The maximum atomic E-state index is 14.0. The predicted molar refractivity (Wildman–Crippen MR) is 79.7 cm³/mol. The van der Waals surface area contributed by atoms with Crippen LogP contribution in [0, 0.1) is 19.7 Å². The maximum absolute atomic E-state index is 14.0. The van der Waals surface area contributed by atoms with E-state index in [2.05, 4.69) is 10.5 Å². The quantitative estimate of drug-likeness (QED) is 0.805. The zero-order valence-electron chi connectivity index (χ0n) is 12.1. The predicted octanol–water partition coefficient (Wildman–Crippen LogP) is 3.47. The van der Waals surface area contributed by atoms with Gasteiger partial charge in [0.2, 0.25) is 0 Å². The Labute approximate surface area is 126 Å². The Morgan fingerprint density at radius 3 is 2.64 bits per heavy atom. The number of anilines is 1. The third kappa shape index (κ3) is 2.50. The van der Waals surface area contributed by atoms with Crippen LogP contribution >= 0.6 is 0 Å². The lowest BCUT2D eigenvalue weighted by molar-refractivity contribution is 0.102. The van der Waals surface area contributed by atoms with E-state index in [1.165, 1.54) is 6.07 Å². The van der Waals surface area contributed by atoms with Crippen LogP contribution < -0.4 is 5.32 Å². The molecule has 0 bridgehead atoms. The van der Waals surface area contributed by atoms with Crippen molar-refractivity contribution in [1.29, 1.82) is 0 Å². The van der Waals surface area contributed by atoms with Crippen LogP contribution in [0.5, 0.6) is 0 Å². The molecule has 0 radical (unpaired) electrons. The molecule has 6 heteroatoms. The second kappa shape index (κ2) is 5.48. The van der Waals surface area contributed by atoms with E-state index in [4.69, 9.17) is 4.52 Å². The number of nitrogens with one attached hydrogen (secondary N) is 1. The summed E-state index contributed by atoms with van der Waals surface area (Å²) in [6, 6.07) is 8.27. The van der Waals surface area contributed by atoms with E-state index in [0.717, 1.165) is 5.69 Å². The van der Waals surface area contributed by atoms with Gasteiger partial charge in [-0.2, -0.15) is 0 Å². The molecule has 1 amide bonds. The number of rotatable bonds is 3. The molecule has 112 valence electrons. The lowest BCUT2D eigenvalue weighted by atomic mass is 10.2. The monoisotopic (exact) mass is 299 g/mol. The summed E-state index contributed by atoms with van der Waals surface area (Å²) in [6.07, 6.45) is 3.68. The first-order valence-electron chi connectivity index (χ1n) is 6.73. The molecule has 0 unspecified atom stereocenters. The van der Waals surface area contributed by atoms with Gasteiger partial charge in [0.05, 0.1) is 11.4 Å². The number of aryl methyl sites for hydroxylation is 2. The number of carbonyl (C=O) groups is 1. The Kier molecular flexibility index (Phi) is 3.50. The van der Waals surface area contributed by atoms with Crippen molar-refractivity contribution in [3.05, 3.63) is 65.6 Å². The van der Waals surface area contributed by atoms with Crippen molar-refractivity contribution in [3.63, 3.8) is 0 Å². The highest BCUT2D eigenvalue weighted by atomic mass is 19.1. The third-order valence-corrected chi connectivity index (χ3v) is 3.36. The van der Waals surface area contributed by atoms with Crippen molar-refractivity contribution < 1.29 is 13.7 Å². The van der Waals surface area contributed by atoms with E-state index < -0.39 is 11.7 Å². The lowest BCUT2D eigenvalue weighted by Crippen LogP contribution is -2.15. The summed E-state index contributed by atoms with van der Waals surface area (Å²) in [6.45, 7) is 3.31. The highest BCUT2D eigenvalue weighted by Gasteiger charge is 2.19. The van der Waals surface area contributed by atoms with Crippen molar-refractivity contribution >= 4 is 11.6 Å². The molecule has 0 aliphatic carbocycles. The number of amides is 1. The van der Waals surface area contributed by atoms with Crippen LogP contribution in [0.3, 0.4) is 0 Å². The van der Waals surface area contributed by atoms with Gasteiger partial charge in [0.1, 0.15) is 17.1 Å². The summed E-state index contributed by atoms with van der Waals surface area (Å²) in [5.41, 5.74) is 1.65. The molecule has 0 aliphatic heterocycles. The summed E-state index contributed by atoms with van der Waals surface area (Å²) in [4.78, 5) is 12.3. The SMILES string of the molecule is Cc1noc(C)c1C(=O)Nc1cc(-n2cccc2)ccc1F. The van der Waals surface area contributed by atoms with E-state index in [1.807, 2.05) is 29.1 Å². The molecule has 0 saturated heterocycles. The summed E-state index contributed by atoms with van der Waals surface area (Å²) in [7, 11) is 0. The number of aromatic nitrogens is 2. The highest BCUT2D eigenvalue weighted by Crippen LogP contribution is 2.21. The zero-order chi connectivity index (χ0) is 15.7. The van der Waals surface area contributed by atoms with Crippen molar-refractivity contribution in [2.45, 2.75) is 13.8 Å². The number of halogens is 1. The molecule has 0 atom stereocenters. The van der Waals surface area contributed by atoms with Crippen LogP contribution in [0.1, 0.15) is 21.8 Å². The van der Waals surface area contributed by atoms with Gasteiger partial charge in [0, 0.05) is 18.1 Å². The standard InChI is InChI=1S/C16H14FN3O2/c1-10-15(11(2)22-19-10)16(21)18-14-9-12(5-6-13(14)17)20-7-3-4-8-20/h3-9H,1-2H3,(H,18,21). The van der Waals surface area contributed by atoms with E-state index in [1.54, 1.807) is 26.0 Å². The molecule has 2 aromatic heterocycles. The van der Waals surface area contributed by atoms with Crippen molar-refractivity contribution in [2.24, 2.45) is 0 Å². The van der Waals surface area contributed by atoms with Crippen LogP contribution in [-0.2, 0) is 0 Å². The van der Waals surface area contributed by atoms with E-state index in [0.29, 0.717) is 17.0 Å². The average molecular weight is 299 g/mol.